The van der Waals surface area contributed by atoms with Gasteiger partial charge in [0.05, 0.1) is 6.10 Å². The third-order valence-electron chi connectivity index (χ3n) is 6.37. The highest BCUT2D eigenvalue weighted by molar-refractivity contribution is 5.69. The topological polar surface area (TPSA) is 46.5 Å². The molecule has 0 aromatic rings. The molecule has 0 spiro atoms. The molecule has 31 heavy (non-hydrogen) atoms. The monoisotopic (exact) mass is 440 g/mol. The molecule has 0 radical (unpaired) electrons. The minimum absolute atomic E-state index is 0.00708. The highest BCUT2D eigenvalue weighted by Crippen LogP contribution is 2.18. The van der Waals surface area contributed by atoms with Crippen molar-refractivity contribution >= 4 is 5.97 Å². The van der Waals surface area contributed by atoms with Gasteiger partial charge in [0.1, 0.15) is 6.10 Å². The van der Waals surface area contributed by atoms with E-state index in [1.807, 2.05) is 0 Å². The van der Waals surface area contributed by atoms with Crippen molar-refractivity contribution in [1.29, 1.82) is 0 Å². The normalized spacial score (nSPS) is 13.3. The lowest BCUT2D eigenvalue weighted by Crippen LogP contribution is -2.20. The van der Waals surface area contributed by atoms with E-state index in [0.29, 0.717) is 6.42 Å². The zero-order valence-corrected chi connectivity index (χ0v) is 21.5. The minimum atomic E-state index is -0.244. The van der Waals surface area contributed by atoms with Gasteiger partial charge in [0.2, 0.25) is 0 Å². The Morgan fingerprint density at radius 2 is 1.03 bits per heavy atom. The smallest absolute Gasteiger partial charge is 0.306 e. The lowest BCUT2D eigenvalue weighted by molar-refractivity contribution is -0.150. The van der Waals surface area contributed by atoms with Crippen LogP contribution in [0.25, 0.3) is 0 Å². The van der Waals surface area contributed by atoms with E-state index in [0.717, 1.165) is 51.4 Å². The predicted octanol–water partition coefficient (Wildman–Crippen LogP) is 8.90. The summed E-state index contributed by atoms with van der Waals surface area (Å²) in [5, 5.41) is 10.4. The van der Waals surface area contributed by atoms with Crippen LogP contribution in [0, 0.1) is 0 Å². The Morgan fingerprint density at radius 3 is 1.61 bits per heavy atom. The lowest BCUT2D eigenvalue weighted by atomic mass is 10.00. The molecule has 0 aromatic carbocycles. The van der Waals surface area contributed by atoms with Gasteiger partial charge in [-0.1, -0.05) is 117 Å². The zero-order valence-electron chi connectivity index (χ0n) is 21.5. The highest BCUT2D eigenvalue weighted by atomic mass is 16.5. The summed E-state index contributed by atoms with van der Waals surface area (Å²) in [7, 11) is 0. The van der Waals surface area contributed by atoms with Crippen molar-refractivity contribution in [2.24, 2.45) is 0 Å². The SMILES string of the molecule is CCCCCCCCCCC(O)CCC(CCCCC)OC(=O)CCCCCCCC. The molecule has 0 rings (SSSR count). The van der Waals surface area contributed by atoms with Crippen molar-refractivity contribution in [3.63, 3.8) is 0 Å². The van der Waals surface area contributed by atoms with Crippen molar-refractivity contribution in [2.75, 3.05) is 0 Å². The van der Waals surface area contributed by atoms with E-state index in [-0.39, 0.29) is 18.2 Å². The van der Waals surface area contributed by atoms with Gasteiger partial charge in [-0.25, -0.2) is 0 Å². The quantitative estimate of drug-likeness (QED) is 0.120. The van der Waals surface area contributed by atoms with E-state index >= 15 is 0 Å². The summed E-state index contributed by atoms with van der Waals surface area (Å²) in [6.07, 6.45) is 24.7. The van der Waals surface area contributed by atoms with Crippen LogP contribution in [0.15, 0.2) is 0 Å². The third-order valence-corrected chi connectivity index (χ3v) is 6.37. The second-order valence-electron chi connectivity index (χ2n) is 9.62. The molecular weight excluding hydrogens is 384 g/mol. The van der Waals surface area contributed by atoms with E-state index in [2.05, 4.69) is 20.8 Å². The fourth-order valence-corrected chi connectivity index (χ4v) is 4.22. The van der Waals surface area contributed by atoms with Gasteiger partial charge in [-0.2, -0.15) is 0 Å². The first kappa shape index (κ1) is 30.4. The Balaban J connectivity index is 3.97. The van der Waals surface area contributed by atoms with Gasteiger partial charge in [-0.15, -0.1) is 0 Å². The van der Waals surface area contributed by atoms with Crippen molar-refractivity contribution in [2.45, 2.75) is 174 Å². The number of ether oxygens (including phenoxy) is 1. The van der Waals surface area contributed by atoms with Gasteiger partial charge in [0.25, 0.3) is 0 Å². The van der Waals surface area contributed by atoms with E-state index in [1.54, 1.807) is 0 Å². The Morgan fingerprint density at radius 1 is 0.581 bits per heavy atom. The number of hydrogen-bond acceptors (Lipinski definition) is 3. The summed E-state index contributed by atoms with van der Waals surface area (Å²) >= 11 is 0. The molecular formula is C28H56O3. The van der Waals surface area contributed by atoms with Gasteiger partial charge in [0, 0.05) is 6.42 Å². The van der Waals surface area contributed by atoms with Gasteiger partial charge in [-0.3, -0.25) is 4.79 Å². The van der Waals surface area contributed by atoms with Crippen LogP contribution in [-0.4, -0.2) is 23.3 Å². The summed E-state index contributed by atoms with van der Waals surface area (Å²) in [4.78, 5) is 12.3. The number of rotatable bonds is 24. The molecule has 0 saturated heterocycles. The number of esters is 1. The Labute approximate surface area is 195 Å². The van der Waals surface area contributed by atoms with E-state index in [1.165, 1.54) is 83.5 Å². The second kappa shape index (κ2) is 24.1. The molecule has 0 fully saturated rings. The Kier molecular flexibility index (Phi) is 23.6. The van der Waals surface area contributed by atoms with Crippen LogP contribution in [0.1, 0.15) is 162 Å². The minimum Gasteiger partial charge on any atom is -0.462 e. The number of hydrogen-bond donors (Lipinski definition) is 1. The van der Waals surface area contributed by atoms with E-state index in [9.17, 15) is 9.90 Å². The third kappa shape index (κ3) is 22.4. The maximum Gasteiger partial charge on any atom is 0.306 e. The molecule has 0 aliphatic rings. The van der Waals surface area contributed by atoms with Crippen LogP contribution in [0.3, 0.4) is 0 Å². The van der Waals surface area contributed by atoms with Crippen LogP contribution in [-0.2, 0) is 9.53 Å². The number of unbranched alkanes of at least 4 members (excludes halogenated alkanes) is 14. The zero-order chi connectivity index (χ0) is 23.0. The molecule has 2 atom stereocenters. The Bertz CT molecular complexity index is 369. The number of aliphatic hydroxyl groups is 1. The molecule has 3 nitrogen and oxygen atoms in total. The second-order valence-corrected chi connectivity index (χ2v) is 9.62. The standard InChI is InChI=1S/C28H56O3/c1-4-7-10-12-14-15-16-19-21-26(29)24-25-27(22-18-9-6-3)31-28(30)23-20-17-13-11-8-5-2/h26-27,29H,4-25H2,1-3H3. The van der Waals surface area contributed by atoms with Crippen LogP contribution < -0.4 is 0 Å². The number of aliphatic hydroxyl groups excluding tert-OH is 1. The molecule has 0 aliphatic heterocycles. The van der Waals surface area contributed by atoms with E-state index in [4.69, 9.17) is 4.74 Å². The summed E-state index contributed by atoms with van der Waals surface area (Å²) in [5.74, 6) is -0.0328. The molecule has 3 heteroatoms. The maximum atomic E-state index is 12.3. The summed E-state index contributed by atoms with van der Waals surface area (Å²) in [6, 6.07) is 0. The van der Waals surface area contributed by atoms with E-state index < -0.39 is 0 Å². The van der Waals surface area contributed by atoms with Crippen molar-refractivity contribution in [3.8, 4) is 0 Å². The first-order valence-corrected chi connectivity index (χ1v) is 14.0. The molecule has 186 valence electrons. The van der Waals surface area contributed by atoms with Crippen molar-refractivity contribution in [3.05, 3.63) is 0 Å². The van der Waals surface area contributed by atoms with Gasteiger partial charge < -0.3 is 9.84 Å². The molecule has 1 N–H and O–H groups in total. The van der Waals surface area contributed by atoms with Crippen LogP contribution >= 0.6 is 0 Å². The largest absolute Gasteiger partial charge is 0.462 e. The van der Waals surface area contributed by atoms with Crippen LogP contribution in [0.4, 0.5) is 0 Å². The van der Waals surface area contributed by atoms with Gasteiger partial charge in [0.15, 0.2) is 0 Å². The molecule has 0 aromatic heterocycles. The number of carbonyl (C=O) groups excluding carboxylic acids is 1. The van der Waals surface area contributed by atoms with Crippen LogP contribution in [0.2, 0.25) is 0 Å². The Hall–Kier alpha value is -0.570. The average Bonchev–Trinajstić information content (AvgIpc) is 2.76. The highest BCUT2D eigenvalue weighted by Gasteiger charge is 2.16. The fraction of sp³-hybridized carbons (Fsp3) is 0.964. The van der Waals surface area contributed by atoms with Crippen molar-refractivity contribution in [1.82, 2.24) is 0 Å². The summed E-state index contributed by atoms with van der Waals surface area (Å²) < 4.78 is 5.81. The summed E-state index contributed by atoms with van der Waals surface area (Å²) in [6.45, 7) is 6.68. The first-order chi connectivity index (χ1) is 15.1. The van der Waals surface area contributed by atoms with Gasteiger partial charge >= 0.3 is 5.97 Å². The molecule has 0 amide bonds. The molecule has 2 unspecified atom stereocenters. The average molecular weight is 441 g/mol. The molecule has 0 aliphatic carbocycles. The van der Waals surface area contributed by atoms with Crippen LogP contribution in [0.5, 0.6) is 0 Å². The number of carbonyl (C=O) groups is 1. The lowest BCUT2D eigenvalue weighted by Gasteiger charge is -2.20. The molecule has 0 saturated carbocycles. The fourth-order valence-electron chi connectivity index (χ4n) is 4.22. The summed E-state index contributed by atoms with van der Waals surface area (Å²) in [5.41, 5.74) is 0. The van der Waals surface area contributed by atoms with Crippen molar-refractivity contribution < 1.29 is 14.6 Å². The maximum absolute atomic E-state index is 12.3. The first-order valence-electron chi connectivity index (χ1n) is 14.0. The van der Waals surface area contributed by atoms with Gasteiger partial charge in [-0.05, 0) is 38.5 Å². The molecule has 0 heterocycles. The predicted molar refractivity (Wildman–Crippen MR) is 134 cm³/mol. The molecule has 0 bridgehead atoms.